The molecule has 0 atom stereocenters. The van der Waals surface area contributed by atoms with E-state index < -0.39 is 0 Å². The number of nitrogens with zero attached hydrogens (tertiary/aromatic N) is 6. The van der Waals surface area contributed by atoms with E-state index in [2.05, 4.69) is 21.4 Å². The predicted octanol–water partition coefficient (Wildman–Crippen LogP) is 4.12. The highest BCUT2D eigenvalue weighted by Gasteiger charge is 2.18. The Morgan fingerprint density at radius 1 is 1.15 bits per heavy atom. The molecule has 1 amide bonds. The van der Waals surface area contributed by atoms with Gasteiger partial charge in [-0.2, -0.15) is 10.4 Å². The summed E-state index contributed by atoms with van der Waals surface area (Å²) in [4.78, 5) is 22.1. The standard InChI is InChI=1S/C25H21N7O/c1-3-19-24-20(29-25(33)22-13-27-23-11-10-17(12-26)14-31(22)23)8-5-9-21(24)32(30-19)15-18-7-4-6-16(2)28-18/h4-11,13-14H,3,15H2,1-2H3,(H,29,33). The molecular weight excluding hydrogens is 414 g/mol. The highest BCUT2D eigenvalue weighted by atomic mass is 16.1. The third kappa shape index (κ3) is 3.70. The van der Waals surface area contributed by atoms with Gasteiger partial charge in [-0.25, -0.2) is 4.98 Å². The zero-order valence-corrected chi connectivity index (χ0v) is 18.3. The molecular formula is C25H21N7O. The van der Waals surface area contributed by atoms with Gasteiger partial charge in [-0.05, 0) is 49.7 Å². The van der Waals surface area contributed by atoms with E-state index in [9.17, 15) is 10.1 Å². The molecule has 33 heavy (non-hydrogen) atoms. The van der Waals surface area contributed by atoms with Gasteiger partial charge in [0.25, 0.3) is 5.91 Å². The second kappa shape index (κ2) is 8.20. The maximum atomic E-state index is 13.2. The van der Waals surface area contributed by atoms with E-state index in [1.165, 1.54) is 6.20 Å². The topological polar surface area (TPSA) is 101 Å². The van der Waals surface area contributed by atoms with Gasteiger partial charge in [-0.1, -0.05) is 19.1 Å². The lowest BCUT2D eigenvalue weighted by atomic mass is 10.1. The number of nitrogens with one attached hydrogen (secondary N) is 1. The summed E-state index contributed by atoms with van der Waals surface area (Å²) in [5, 5.41) is 17.9. The van der Waals surface area contributed by atoms with Crippen LogP contribution in [0, 0.1) is 18.3 Å². The van der Waals surface area contributed by atoms with Crippen molar-refractivity contribution >= 4 is 28.1 Å². The Balaban J connectivity index is 1.53. The van der Waals surface area contributed by atoms with Gasteiger partial charge in [0.2, 0.25) is 0 Å². The van der Waals surface area contributed by atoms with E-state index in [-0.39, 0.29) is 5.91 Å². The number of carbonyl (C=O) groups excluding carboxylic acids is 1. The van der Waals surface area contributed by atoms with Crippen molar-refractivity contribution in [2.24, 2.45) is 0 Å². The minimum absolute atomic E-state index is 0.305. The van der Waals surface area contributed by atoms with Gasteiger partial charge < -0.3 is 5.32 Å². The fraction of sp³-hybridized carbons (Fsp3) is 0.160. The SMILES string of the molecule is CCc1nn(Cc2cccc(C)n2)c2cccc(NC(=O)c3cnc4ccc(C#N)cn34)c12. The zero-order chi connectivity index (χ0) is 22.9. The van der Waals surface area contributed by atoms with Crippen molar-refractivity contribution in [3.63, 3.8) is 0 Å². The van der Waals surface area contributed by atoms with Crippen LogP contribution in [0.15, 0.2) is 60.9 Å². The highest BCUT2D eigenvalue weighted by Crippen LogP contribution is 2.28. The summed E-state index contributed by atoms with van der Waals surface area (Å²) in [6, 6.07) is 17.2. The summed E-state index contributed by atoms with van der Waals surface area (Å²) in [6.45, 7) is 4.55. The molecule has 8 nitrogen and oxygen atoms in total. The predicted molar refractivity (Wildman–Crippen MR) is 125 cm³/mol. The smallest absolute Gasteiger partial charge is 0.274 e. The Hall–Kier alpha value is -4.51. The minimum atomic E-state index is -0.305. The maximum absolute atomic E-state index is 13.2. The number of amides is 1. The van der Waals surface area contributed by atoms with Gasteiger partial charge in [0.1, 0.15) is 17.4 Å². The zero-order valence-electron chi connectivity index (χ0n) is 18.3. The van der Waals surface area contributed by atoms with Gasteiger partial charge in [-0.15, -0.1) is 0 Å². The highest BCUT2D eigenvalue weighted by molar-refractivity contribution is 6.08. The summed E-state index contributed by atoms with van der Waals surface area (Å²) in [6.07, 6.45) is 3.85. The second-order valence-electron chi connectivity index (χ2n) is 7.78. The van der Waals surface area contributed by atoms with E-state index in [1.54, 1.807) is 22.7 Å². The lowest BCUT2D eigenvalue weighted by molar-refractivity contribution is 0.102. The van der Waals surface area contributed by atoms with E-state index in [0.717, 1.165) is 34.4 Å². The average Bonchev–Trinajstić information content (AvgIpc) is 3.40. The summed E-state index contributed by atoms with van der Waals surface area (Å²) in [5.41, 5.74) is 5.81. The van der Waals surface area contributed by atoms with Gasteiger partial charge in [0.15, 0.2) is 0 Å². The number of fused-ring (bicyclic) bond motifs is 2. The maximum Gasteiger partial charge on any atom is 0.274 e. The van der Waals surface area contributed by atoms with Crippen LogP contribution in [0.5, 0.6) is 0 Å². The fourth-order valence-corrected chi connectivity index (χ4v) is 4.02. The van der Waals surface area contributed by atoms with Crippen LogP contribution in [-0.4, -0.2) is 30.1 Å². The number of pyridine rings is 2. The van der Waals surface area contributed by atoms with Crippen LogP contribution in [0.4, 0.5) is 5.69 Å². The number of rotatable bonds is 5. The Labute approximate surface area is 190 Å². The molecule has 0 spiro atoms. The van der Waals surface area contributed by atoms with Gasteiger partial charge in [0, 0.05) is 17.3 Å². The van der Waals surface area contributed by atoms with Crippen LogP contribution < -0.4 is 5.32 Å². The molecule has 5 aromatic rings. The normalized spacial score (nSPS) is 11.1. The third-order valence-electron chi connectivity index (χ3n) is 5.56. The number of hydrogen-bond acceptors (Lipinski definition) is 5. The number of aryl methyl sites for hydroxylation is 2. The lowest BCUT2D eigenvalue weighted by Crippen LogP contribution is -2.14. The molecule has 8 heteroatoms. The van der Waals surface area contributed by atoms with Crippen LogP contribution in [0.1, 0.15) is 40.1 Å². The van der Waals surface area contributed by atoms with Crippen LogP contribution in [0.25, 0.3) is 16.6 Å². The molecule has 0 saturated carbocycles. The van der Waals surface area contributed by atoms with Crippen molar-refractivity contribution in [3.8, 4) is 6.07 Å². The molecule has 0 bridgehead atoms. The van der Waals surface area contributed by atoms with Crippen LogP contribution in [-0.2, 0) is 13.0 Å². The Morgan fingerprint density at radius 2 is 2.00 bits per heavy atom. The molecule has 0 fully saturated rings. The van der Waals surface area contributed by atoms with E-state index in [0.29, 0.717) is 29.1 Å². The molecule has 5 rings (SSSR count). The van der Waals surface area contributed by atoms with Gasteiger partial charge in [0.05, 0.1) is 40.9 Å². The summed E-state index contributed by atoms with van der Waals surface area (Å²) in [5.74, 6) is -0.305. The first kappa shape index (κ1) is 20.4. The number of aromatic nitrogens is 5. The Kier molecular flexibility index (Phi) is 5.07. The van der Waals surface area contributed by atoms with Crippen molar-refractivity contribution in [3.05, 3.63) is 89.3 Å². The Morgan fingerprint density at radius 3 is 2.79 bits per heavy atom. The van der Waals surface area contributed by atoms with Gasteiger partial charge in [-0.3, -0.25) is 18.9 Å². The van der Waals surface area contributed by atoms with E-state index >= 15 is 0 Å². The van der Waals surface area contributed by atoms with Crippen molar-refractivity contribution in [1.29, 1.82) is 5.26 Å². The Bertz CT molecular complexity index is 1550. The van der Waals surface area contributed by atoms with Crippen molar-refractivity contribution in [2.75, 3.05) is 5.32 Å². The number of nitriles is 1. The van der Waals surface area contributed by atoms with Crippen LogP contribution in [0.2, 0.25) is 0 Å². The lowest BCUT2D eigenvalue weighted by Gasteiger charge is -2.08. The molecule has 4 heterocycles. The molecule has 0 saturated heterocycles. The molecule has 0 radical (unpaired) electrons. The largest absolute Gasteiger partial charge is 0.320 e. The number of imidazole rings is 1. The number of hydrogen-bond donors (Lipinski definition) is 1. The van der Waals surface area contributed by atoms with Crippen molar-refractivity contribution in [1.82, 2.24) is 24.1 Å². The van der Waals surface area contributed by atoms with E-state index in [4.69, 9.17) is 5.10 Å². The van der Waals surface area contributed by atoms with Crippen molar-refractivity contribution in [2.45, 2.75) is 26.8 Å². The minimum Gasteiger partial charge on any atom is -0.320 e. The molecule has 0 aliphatic carbocycles. The molecule has 0 aliphatic heterocycles. The second-order valence-corrected chi connectivity index (χ2v) is 7.78. The van der Waals surface area contributed by atoms with Crippen LogP contribution >= 0.6 is 0 Å². The summed E-state index contributed by atoms with van der Waals surface area (Å²) < 4.78 is 3.56. The first-order chi connectivity index (χ1) is 16.1. The number of carbonyl (C=O) groups is 1. The molecule has 1 aromatic carbocycles. The first-order valence-corrected chi connectivity index (χ1v) is 10.7. The van der Waals surface area contributed by atoms with E-state index in [1.807, 2.05) is 54.9 Å². The van der Waals surface area contributed by atoms with Crippen LogP contribution in [0.3, 0.4) is 0 Å². The molecule has 1 N–H and O–H groups in total. The first-order valence-electron chi connectivity index (χ1n) is 10.7. The fourth-order valence-electron chi connectivity index (χ4n) is 4.02. The summed E-state index contributed by atoms with van der Waals surface area (Å²) in [7, 11) is 0. The quantitative estimate of drug-likeness (QED) is 0.447. The van der Waals surface area contributed by atoms with Gasteiger partial charge >= 0.3 is 0 Å². The number of benzene rings is 1. The third-order valence-corrected chi connectivity index (χ3v) is 5.56. The molecule has 0 aliphatic rings. The number of anilines is 1. The molecule has 0 unspecified atom stereocenters. The molecule has 162 valence electrons. The monoisotopic (exact) mass is 435 g/mol. The van der Waals surface area contributed by atoms with Crippen molar-refractivity contribution < 1.29 is 4.79 Å². The molecule has 4 aromatic heterocycles. The summed E-state index contributed by atoms with van der Waals surface area (Å²) >= 11 is 0. The average molecular weight is 435 g/mol.